The molecule has 1 fully saturated rings. The molecule has 10 heteroatoms. The second-order valence-electron chi connectivity index (χ2n) is 7.48. The fraction of sp³-hybridized carbons (Fsp3) is 0.286. The summed E-state index contributed by atoms with van der Waals surface area (Å²) in [7, 11) is 0. The SMILES string of the molecule is NC(=O)c1nnccc1N1CCCCC1C(N)c1ccc(-n2ccc(=O)[nH]c2=O)cc1. The molecule has 160 valence electrons. The number of H-pyrrole nitrogens is 1. The lowest BCUT2D eigenvalue weighted by molar-refractivity contribution is 0.0995. The summed E-state index contributed by atoms with van der Waals surface area (Å²) in [6.07, 6.45) is 5.81. The Hall–Kier alpha value is -3.79. The Morgan fingerprint density at radius 3 is 2.61 bits per heavy atom. The number of nitrogens with one attached hydrogen (secondary N) is 1. The summed E-state index contributed by atoms with van der Waals surface area (Å²) >= 11 is 0. The Labute approximate surface area is 177 Å². The summed E-state index contributed by atoms with van der Waals surface area (Å²) in [4.78, 5) is 39.5. The largest absolute Gasteiger partial charge is 0.365 e. The molecule has 0 saturated carbocycles. The third kappa shape index (κ3) is 4.10. The second-order valence-corrected chi connectivity index (χ2v) is 7.48. The number of hydrogen-bond donors (Lipinski definition) is 3. The Morgan fingerprint density at radius 1 is 1.13 bits per heavy atom. The standard InChI is InChI=1S/C21H23N7O3/c22-18(13-4-6-14(7-5-13)27-12-9-17(29)25-21(27)31)15-3-1-2-11-28(15)16-8-10-24-26-19(16)20(23)30/h4-10,12,15,18H,1-3,11,22H2,(H2,23,30)(H,25,29,31). The fourth-order valence-corrected chi connectivity index (χ4v) is 4.06. The average molecular weight is 421 g/mol. The van der Waals surface area contributed by atoms with Gasteiger partial charge in [-0.3, -0.25) is 19.1 Å². The molecule has 0 spiro atoms. The van der Waals surface area contributed by atoms with Gasteiger partial charge in [0.1, 0.15) is 0 Å². The Kier molecular flexibility index (Phi) is 5.63. The lowest BCUT2D eigenvalue weighted by atomic mass is 9.90. The molecule has 0 radical (unpaired) electrons. The monoisotopic (exact) mass is 421 g/mol. The zero-order valence-electron chi connectivity index (χ0n) is 16.8. The van der Waals surface area contributed by atoms with Crippen LogP contribution in [0.15, 0.2) is 58.4 Å². The van der Waals surface area contributed by atoms with E-state index in [1.54, 1.807) is 18.2 Å². The van der Waals surface area contributed by atoms with Crippen molar-refractivity contribution in [1.29, 1.82) is 0 Å². The normalized spacial score (nSPS) is 17.3. The molecule has 4 rings (SSSR count). The summed E-state index contributed by atoms with van der Waals surface area (Å²) in [5.41, 5.74) is 13.5. The van der Waals surface area contributed by atoms with Crippen molar-refractivity contribution in [3.05, 3.63) is 80.9 Å². The second kappa shape index (κ2) is 8.52. The van der Waals surface area contributed by atoms with Crippen LogP contribution in [-0.2, 0) is 0 Å². The highest BCUT2D eigenvalue weighted by Crippen LogP contribution is 2.32. The molecule has 10 nitrogen and oxygen atoms in total. The summed E-state index contributed by atoms with van der Waals surface area (Å²) in [6, 6.07) is 9.93. The van der Waals surface area contributed by atoms with Gasteiger partial charge in [-0.25, -0.2) is 4.79 Å². The number of hydrogen-bond acceptors (Lipinski definition) is 7. The molecule has 3 heterocycles. The topological polar surface area (TPSA) is 153 Å². The van der Waals surface area contributed by atoms with Gasteiger partial charge in [-0.1, -0.05) is 12.1 Å². The minimum Gasteiger partial charge on any atom is -0.365 e. The van der Waals surface area contributed by atoms with Crippen LogP contribution in [0, 0.1) is 0 Å². The van der Waals surface area contributed by atoms with Crippen molar-refractivity contribution in [2.45, 2.75) is 31.3 Å². The average Bonchev–Trinajstić information content (AvgIpc) is 2.79. The van der Waals surface area contributed by atoms with Crippen LogP contribution in [0.25, 0.3) is 5.69 Å². The molecule has 0 aliphatic carbocycles. The van der Waals surface area contributed by atoms with Crippen LogP contribution in [0.1, 0.15) is 41.4 Å². The van der Waals surface area contributed by atoms with Gasteiger partial charge < -0.3 is 16.4 Å². The quantitative estimate of drug-likeness (QED) is 0.541. The summed E-state index contributed by atoms with van der Waals surface area (Å²) in [5, 5.41) is 7.70. The number of carbonyl (C=O) groups excluding carboxylic acids is 1. The molecule has 31 heavy (non-hydrogen) atoms. The molecule has 1 aliphatic rings. The Morgan fingerprint density at radius 2 is 1.90 bits per heavy atom. The number of nitrogens with zero attached hydrogens (tertiary/aromatic N) is 4. The number of anilines is 1. The number of piperidine rings is 1. The Bertz CT molecular complexity index is 1200. The first-order valence-electron chi connectivity index (χ1n) is 10.0. The van der Waals surface area contributed by atoms with Crippen LogP contribution in [0.5, 0.6) is 0 Å². The van der Waals surface area contributed by atoms with Crippen molar-refractivity contribution in [2.24, 2.45) is 11.5 Å². The lowest BCUT2D eigenvalue weighted by Crippen LogP contribution is -2.47. The molecular formula is C21H23N7O3. The van der Waals surface area contributed by atoms with Crippen LogP contribution in [0.3, 0.4) is 0 Å². The third-order valence-electron chi connectivity index (χ3n) is 5.59. The van der Waals surface area contributed by atoms with Crippen molar-refractivity contribution < 1.29 is 4.79 Å². The van der Waals surface area contributed by atoms with Crippen molar-refractivity contribution in [3.8, 4) is 5.69 Å². The molecule has 3 aromatic rings. The van der Waals surface area contributed by atoms with Crippen molar-refractivity contribution in [3.63, 3.8) is 0 Å². The van der Waals surface area contributed by atoms with Crippen LogP contribution in [0.2, 0.25) is 0 Å². The molecule has 1 amide bonds. The van der Waals surface area contributed by atoms with Crippen LogP contribution < -0.4 is 27.6 Å². The number of nitrogens with two attached hydrogens (primary N) is 2. The van der Waals surface area contributed by atoms with Gasteiger partial charge in [0.25, 0.3) is 11.5 Å². The van der Waals surface area contributed by atoms with Crippen LogP contribution in [0.4, 0.5) is 5.69 Å². The summed E-state index contributed by atoms with van der Waals surface area (Å²) < 4.78 is 1.35. The van der Waals surface area contributed by atoms with Crippen molar-refractivity contribution >= 4 is 11.6 Å². The molecule has 2 atom stereocenters. The minimum absolute atomic E-state index is 0.0577. The maximum Gasteiger partial charge on any atom is 0.332 e. The van der Waals surface area contributed by atoms with Gasteiger partial charge >= 0.3 is 5.69 Å². The highest BCUT2D eigenvalue weighted by molar-refractivity contribution is 5.96. The van der Waals surface area contributed by atoms with Gasteiger partial charge in [0.05, 0.1) is 23.6 Å². The van der Waals surface area contributed by atoms with Crippen LogP contribution in [-0.4, -0.2) is 38.2 Å². The third-order valence-corrected chi connectivity index (χ3v) is 5.59. The number of carbonyl (C=O) groups is 1. The number of aromatic nitrogens is 4. The molecular weight excluding hydrogens is 398 g/mol. The van der Waals surface area contributed by atoms with Gasteiger partial charge in [0.2, 0.25) is 0 Å². The maximum absolute atomic E-state index is 12.0. The van der Waals surface area contributed by atoms with Gasteiger partial charge in [-0.05, 0) is 43.0 Å². The van der Waals surface area contributed by atoms with E-state index >= 15 is 0 Å². The molecule has 1 saturated heterocycles. The van der Waals surface area contributed by atoms with E-state index in [1.807, 2.05) is 12.1 Å². The predicted molar refractivity (Wildman–Crippen MR) is 115 cm³/mol. The van der Waals surface area contributed by atoms with Crippen LogP contribution >= 0.6 is 0 Å². The zero-order chi connectivity index (χ0) is 22.0. The number of aromatic amines is 1. The van der Waals surface area contributed by atoms with Gasteiger partial charge in [0, 0.05) is 24.8 Å². The van der Waals surface area contributed by atoms with E-state index in [4.69, 9.17) is 11.5 Å². The number of benzene rings is 1. The molecule has 1 aromatic carbocycles. The molecule has 0 bridgehead atoms. The number of rotatable bonds is 5. The number of primary amides is 1. The Balaban J connectivity index is 1.63. The minimum atomic E-state index is -0.628. The van der Waals surface area contributed by atoms with E-state index < -0.39 is 17.2 Å². The van der Waals surface area contributed by atoms with Gasteiger partial charge in [-0.2, -0.15) is 5.10 Å². The van der Waals surface area contributed by atoms with E-state index in [2.05, 4.69) is 20.1 Å². The van der Waals surface area contributed by atoms with E-state index in [0.717, 1.165) is 31.4 Å². The molecule has 1 aliphatic heterocycles. The van der Waals surface area contributed by atoms with E-state index in [0.29, 0.717) is 11.4 Å². The maximum atomic E-state index is 12.0. The summed E-state index contributed by atoms with van der Waals surface area (Å²) in [6.45, 7) is 0.731. The highest BCUT2D eigenvalue weighted by atomic mass is 16.2. The molecule has 5 N–H and O–H groups in total. The number of amides is 1. The first-order valence-corrected chi connectivity index (χ1v) is 10.0. The van der Waals surface area contributed by atoms with E-state index in [9.17, 15) is 14.4 Å². The van der Waals surface area contributed by atoms with Gasteiger partial charge in [0.15, 0.2) is 5.69 Å². The van der Waals surface area contributed by atoms with E-state index in [1.165, 1.54) is 23.0 Å². The fourth-order valence-electron chi connectivity index (χ4n) is 4.06. The summed E-state index contributed by atoms with van der Waals surface area (Å²) in [5.74, 6) is -0.628. The first-order chi connectivity index (χ1) is 15.0. The lowest BCUT2D eigenvalue weighted by Gasteiger charge is -2.41. The predicted octanol–water partition coefficient (Wildman–Crippen LogP) is 0.474. The van der Waals surface area contributed by atoms with Crippen molar-refractivity contribution in [2.75, 3.05) is 11.4 Å². The molecule has 2 unspecified atom stereocenters. The van der Waals surface area contributed by atoms with Crippen molar-refractivity contribution in [1.82, 2.24) is 19.7 Å². The molecule has 2 aromatic heterocycles. The van der Waals surface area contributed by atoms with Gasteiger partial charge in [-0.15, -0.1) is 5.10 Å². The highest BCUT2D eigenvalue weighted by Gasteiger charge is 2.31. The van der Waals surface area contributed by atoms with E-state index in [-0.39, 0.29) is 17.8 Å². The smallest absolute Gasteiger partial charge is 0.332 e. The first kappa shape index (κ1) is 20.5. The zero-order valence-corrected chi connectivity index (χ0v) is 16.8.